The second kappa shape index (κ2) is 3.75. The van der Waals surface area contributed by atoms with Gasteiger partial charge in [-0.3, -0.25) is 9.59 Å². The van der Waals surface area contributed by atoms with Gasteiger partial charge in [-0.05, 0) is 43.9 Å². The van der Waals surface area contributed by atoms with Gasteiger partial charge in [-0.15, -0.1) is 0 Å². The Kier molecular flexibility index (Phi) is 2.60. The van der Waals surface area contributed by atoms with E-state index < -0.39 is 16.4 Å². The number of aliphatic hydroxyl groups is 1. The van der Waals surface area contributed by atoms with E-state index in [1.165, 1.54) is 14.2 Å². The minimum Gasteiger partial charge on any atom is -0.469 e. The topological polar surface area (TPSA) is 72.8 Å². The van der Waals surface area contributed by atoms with Crippen molar-refractivity contribution in [2.45, 2.75) is 51.0 Å². The van der Waals surface area contributed by atoms with Crippen molar-refractivity contribution in [3.8, 4) is 0 Å². The van der Waals surface area contributed by atoms with Crippen molar-refractivity contribution in [3.05, 3.63) is 0 Å². The number of ether oxygens (including phenoxy) is 2. The van der Waals surface area contributed by atoms with Crippen LogP contribution >= 0.6 is 0 Å². The van der Waals surface area contributed by atoms with Gasteiger partial charge in [0, 0.05) is 0 Å². The van der Waals surface area contributed by atoms with Crippen LogP contribution in [0.2, 0.25) is 0 Å². The highest BCUT2D eigenvalue weighted by Crippen LogP contribution is 2.71. The van der Waals surface area contributed by atoms with E-state index >= 15 is 0 Å². The zero-order valence-corrected chi connectivity index (χ0v) is 12.3. The van der Waals surface area contributed by atoms with Crippen LogP contribution < -0.4 is 0 Å². The lowest BCUT2D eigenvalue weighted by Crippen LogP contribution is -2.67. The summed E-state index contributed by atoms with van der Waals surface area (Å²) in [6.45, 7) is 2.06. The largest absolute Gasteiger partial charge is 0.469 e. The second-order valence-corrected chi connectivity index (χ2v) is 7.64. The van der Waals surface area contributed by atoms with Gasteiger partial charge >= 0.3 is 11.9 Å². The SMILES string of the molecule is COC(=O)C12CC3(C)CC(O)(C1)CC(C(=O)OC)(C3)C2. The molecule has 2 atom stereocenters. The van der Waals surface area contributed by atoms with Gasteiger partial charge in [-0.1, -0.05) is 6.92 Å². The zero-order chi connectivity index (χ0) is 14.8. The Balaban J connectivity index is 2.10. The molecule has 0 aromatic rings. The summed E-state index contributed by atoms with van der Waals surface area (Å²) in [6, 6.07) is 0. The number of rotatable bonds is 2. The average Bonchev–Trinajstić information content (AvgIpc) is 2.32. The molecule has 4 aliphatic rings. The molecule has 4 rings (SSSR count). The van der Waals surface area contributed by atoms with Crippen LogP contribution in [0.1, 0.15) is 45.4 Å². The standard InChI is InChI=1S/C15H22O5/c1-12-4-13(10(16)19-2)7-14(5-12,11(17)20-3)9-15(18,6-12)8-13/h18H,4-9H2,1-3H3. The maximum atomic E-state index is 12.3. The second-order valence-electron chi connectivity index (χ2n) is 7.64. The maximum absolute atomic E-state index is 12.3. The number of hydrogen-bond acceptors (Lipinski definition) is 5. The molecule has 4 aliphatic carbocycles. The van der Waals surface area contributed by atoms with Gasteiger partial charge in [-0.25, -0.2) is 0 Å². The molecule has 0 aromatic heterocycles. The Bertz CT molecular complexity index is 427. The summed E-state index contributed by atoms with van der Waals surface area (Å²) in [5, 5.41) is 10.9. The molecule has 2 unspecified atom stereocenters. The van der Waals surface area contributed by atoms with Crippen LogP contribution in [0.3, 0.4) is 0 Å². The third-order valence-electron chi connectivity index (χ3n) is 5.53. The molecular weight excluding hydrogens is 260 g/mol. The van der Waals surface area contributed by atoms with Crippen LogP contribution in [-0.4, -0.2) is 36.9 Å². The third kappa shape index (κ3) is 1.65. The summed E-state index contributed by atoms with van der Waals surface area (Å²) in [6.07, 6.45) is 3.28. The van der Waals surface area contributed by atoms with Gasteiger partial charge < -0.3 is 14.6 Å². The van der Waals surface area contributed by atoms with Gasteiger partial charge in [0.25, 0.3) is 0 Å². The number of methoxy groups -OCH3 is 2. The summed E-state index contributed by atoms with van der Waals surface area (Å²) in [5.41, 5.74) is -2.62. The molecule has 0 aromatic carbocycles. The van der Waals surface area contributed by atoms with Crippen LogP contribution in [0.4, 0.5) is 0 Å². The molecule has 5 nitrogen and oxygen atoms in total. The van der Waals surface area contributed by atoms with Crippen molar-refractivity contribution in [2.75, 3.05) is 14.2 Å². The van der Waals surface area contributed by atoms with E-state index in [9.17, 15) is 14.7 Å². The van der Waals surface area contributed by atoms with E-state index in [0.717, 1.165) is 0 Å². The van der Waals surface area contributed by atoms with Crippen molar-refractivity contribution < 1.29 is 24.2 Å². The fourth-order valence-electron chi connectivity index (χ4n) is 5.95. The van der Waals surface area contributed by atoms with E-state index in [0.29, 0.717) is 38.5 Å². The van der Waals surface area contributed by atoms with Gasteiger partial charge in [0.15, 0.2) is 0 Å². The highest BCUT2D eigenvalue weighted by atomic mass is 16.5. The molecule has 0 radical (unpaired) electrons. The molecule has 112 valence electrons. The molecular formula is C15H22O5. The Hall–Kier alpha value is -1.10. The fourth-order valence-corrected chi connectivity index (χ4v) is 5.95. The van der Waals surface area contributed by atoms with E-state index in [1.54, 1.807) is 0 Å². The summed E-state index contributed by atoms with van der Waals surface area (Å²) >= 11 is 0. The van der Waals surface area contributed by atoms with Crippen molar-refractivity contribution in [1.82, 2.24) is 0 Å². The molecule has 4 saturated carbocycles. The Labute approximate surface area is 118 Å². The molecule has 5 heteroatoms. The van der Waals surface area contributed by atoms with E-state index in [1.807, 2.05) is 0 Å². The molecule has 0 saturated heterocycles. The lowest BCUT2D eigenvalue weighted by molar-refractivity contribution is -0.241. The number of carbonyl (C=O) groups is 2. The monoisotopic (exact) mass is 282 g/mol. The van der Waals surface area contributed by atoms with Gasteiger partial charge in [0.05, 0.1) is 30.7 Å². The van der Waals surface area contributed by atoms with Crippen LogP contribution in [0, 0.1) is 16.2 Å². The van der Waals surface area contributed by atoms with Crippen LogP contribution in [0.25, 0.3) is 0 Å². The quantitative estimate of drug-likeness (QED) is 0.776. The zero-order valence-electron chi connectivity index (χ0n) is 12.3. The molecule has 1 N–H and O–H groups in total. The Morgan fingerprint density at radius 2 is 1.30 bits per heavy atom. The fraction of sp³-hybridized carbons (Fsp3) is 0.867. The van der Waals surface area contributed by atoms with E-state index in [4.69, 9.17) is 9.47 Å². The highest BCUT2D eigenvalue weighted by molar-refractivity contribution is 5.83. The van der Waals surface area contributed by atoms with E-state index in [-0.39, 0.29) is 17.4 Å². The lowest BCUT2D eigenvalue weighted by atomic mass is 9.38. The number of hydrogen-bond donors (Lipinski definition) is 1. The summed E-state index contributed by atoms with van der Waals surface area (Å²) in [5.74, 6) is -0.593. The number of esters is 2. The molecule has 0 spiro atoms. The van der Waals surface area contributed by atoms with Crippen molar-refractivity contribution in [2.24, 2.45) is 16.2 Å². The van der Waals surface area contributed by atoms with Crippen molar-refractivity contribution in [3.63, 3.8) is 0 Å². The Morgan fingerprint density at radius 3 is 1.65 bits per heavy atom. The molecule has 0 amide bonds. The summed E-state index contributed by atoms with van der Waals surface area (Å²) in [4.78, 5) is 24.6. The molecule has 20 heavy (non-hydrogen) atoms. The molecule has 0 aliphatic heterocycles. The van der Waals surface area contributed by atoms with Crippen LogP contribution in [0.15, 0.2) is 0 Å². The first-order valence-corrected chi connectivity index (χ1v) is 7.10. The average molecular weight is 282 g/mol. The predicted molar refractivity (Wildman–Crippen MR) is 69.7 cm³/mol. The highest BCUT2D eigenvalue weighted by Gasteiger charge is 2.71. The summed E-state index contributed by atoms with van der Waals surface area (Å²) in [7, 11) is 2.75. The first kappa shape index (κ1) is 13.9. The maximum Gasteiger partial charge on any atom is 0.311 e. The van der Waals surface area contributed by atoms with Crippen molar-refractivity contribution >= 4 is 11.9 Å². The molecule has 0 heterocycles. The first-order valence-electron chi connectivity index (χ1n) is 7.10. The first-order chi connectivity index (χ1) is 9.21. The van der Waals surface area contributed by atoms with Gasteiger partial charge in [-0.2, -0.15) is 0 Å². The summed E-state index contributed by atoms with van der Waals surface area (Å²) < 4.78 is 9.96. The van der Waals surface area contributed by atoms with Crippen molar-refractivity contribution in [1.29, 1.82) is 0 Å². The van der Waals surface area contributed by atoms with Gasteiger partial charge in [0.2, 0.25) is 0 Å². The minimum atomic E-state index is -0.953. The van der Waals surface area contributed by atoms with Gasteiger partial charge in [0.1, 0.15) is 0 Å². The van der Waals surface area contributed by atoms with E-state index in [2.05, 4.69) is 6.92 Å². The van der Waals surface area contributed by atoms with Crippen LogP contribution in [0.5, 0.6) is 0 Å². The predicted octanol–water partition coefficient (Wildman–Crippen LogP) is 1.42. The minimum absolute atomic E-state index is 0.203. The normalized spacial score (nSPS) is 49.0. The smallest absolute Gasteiger partial charge is 0.311 e. The Morgan fingerprint density at radius 1 is 0.850 bits per heavy atom. The molecule has 4 fully saturated rings. The molecule has 4 bridgehead atoms. The lowest BCUT2D eigenvalue weighted by Gasteiger charge is -2.66. The van der Waals surface area contributed by atoms with Crippen LogP contribution in [-0.2, 0) is 19.1 Å². The third-order valence-corrected chi connectivity index (χ3v) is 5.53. The number of carbonyl (C=O) groups excluding carboxylic acids is 2.